The third-order valence-electron chi connectivity index (χ3n) is 3.75. The van der Waals surface area contributed by atoms with Gasteiger partial charge in [0.1, 0.15) is 19.0 Å². The Labute approximate surface area is 142 Å². The van der Waals surface area contributed by atoms with Gasteiger partial charge in [-0.15, -0.1) is 0 Å². The largest absolute Gasteiger partial charge is 0.501 e. The Kier molecular flexibility index (Phi) is 5.49. The minimum absolute atomic E-state index is 0.0791. The Balaban J connectivity index is 1.99. The van der Waals surface area contributed by atoms with Crippen molar-refractivity contribution < 1.29 is 19.4 Å². The zero-order chi connectivity index (χ0) is 17.6. The standard InChI is InChI=1S/C20H20O4/c1-4-19(22)24-14-13-23-18-11-7-16(8-12-18)20(2,3)15-5-9-17(21)10-6-15/h4-5,7-9,11-12,21H,1,13-14H2,2-3H3. The van der Waals surface area contributed by atoms with Gasteiger partial charge in [-0.05, 0) is 35.9 Å². The van der Waals surface area contributed by atoms with Crippen molar-refractivity contribution >= 4 is 5.97 Å². The van der Waals surface area contributed by atoms with Gasteiger partial charge in [-0.2, -0.15) is 0 Å². The summed E-state index contributed by atoms with van der Waals surface area (Å²) in [6, 6.07) is 16.8. The number of hydrogen-bond donors (Lipinski definition) is 1. The summed E-state index contributed by atoms with van der Waals surface area (Å²) in [6.07, 6.45) is 1.12. The number of rotatable bonds is 7. The average molecular weight is 324 g/mol. The van der Waals surface area contributed by atoms with E-state index in [1.165, 1.54) is 0 Å². The molecule has 0 bridgehead atoms. The molecule has 0 aromatic heterocycles. The molecule has 4 nitrogen and oxygen atoms in total. The van der Waals surface area contributed by atoms with Crippen molar-refractivity contribution in [2.24, 2.45) is 0 Å². The normalized spacial score (nSPS) is 10.6. The van der Waals surface area contributed by atoms with Gasteiger partial charge in [0.2, 0.25) is 0 Å². The topological polar surface area (TPSA) is 55.8 Å². The van der Waals surface area contributed by atoms with Crippen molar-refractivity contribution in [3.63, 3.8) is 0 Å². The van der Waals surface area contributed by atoms with Crippen LogP contribution in [-0.4, -0.2) is 24.3 Å². The lowest BCUT2D eigenvalue weighted by Crippen LogP contribution is -2.18. The molecular weight excluding hydrogens is 304 g/mol. The van der Waals surface area contributed by atoms with E-state index in [9.17, 15) is 9.90 Å². The third-order valence-corrected chi connectivity index (χ3v) is 3.75. The molecule has 0 aliphatic carbocycles. The van der Waals surface area contributed by atoms with Crippen molar-refractivity contribution in [3.05, 3.63) is 72.3 Å². The summed E-state index contributed by atoms with van der Waals surface area (Å²) >= 11 is 0. The van der Waals surface area contributed by atoms with Crippen LogP contribution in [0.15, 0.2) is 49.1 Å². The van der Waals surface area contributed by atoms with Crippen LogP contribution in [0.4, 0.5) is 0 Å². The van der Waals surface area contributed by atoms with E-state index in [0.29, 0.717) is 5.75 Å². The van der Waals surface area contributed by atoms with Crippen LogP contribution >= 0.6 is 0 Å². The summed E-state index contributed by atoms with van der Waals surface area (Å²) in [7, 11) is 0. The number of aromatic hydroxyl groups is 1. The van der Waals surface area contributed by atoms with Gasteiger partial charge in [0, 0.05) is 17.1 Å². The maximum atomic E-state index is 10.9. The Hall–Kier alpha value is -2.93. The highest BCUT2D eigenvalue weighted by Crippen LogP contribution is 2.31. The van der Waals surface area contributed by atoms with Crippen molar-refractivity contribution in [1.82, 2.24) is 0 Å². The summed E-state index contributed by atoms with van der Waals surface area (Å²) in [5.41, 5.74) is 1.75. The highest BCUT2D eigenvalue weighted by atomic mass is 16.6. The second-order valence-electron chi connectivity index (χ2n) is 5.75. The molecule has 124 valence electrons. The van der Waals surface area contributed by atoms with Gasteiger partial charge in [0.25, 0.3) is 0 Å². The zero-order valence-corrected chi connectivity index (χ0v) is 13.8. The van der Waals surface area contributed by atoms with Crippen molar-refractivity contribution in [3.8, 4) is 11.5 Å². The smallest absolute Gasteiger partial charge is 0.330 e. The first-order valence-corrected chi connectivity index (χ1v) is 7.59. The first kappa shape index (κ1) is 17.4. The van der Waals surface area contributed by atoms with Gasteiger partial charge < -0.3 is 14.6 Å². The van der Waals surface area contributed by atoms with Crippen molar-refractivity contribution in [2.75, 3.05) is 13.2 Å². The molecule has 0 fully saturated rings. The molecule has 0 heterocycles. The molecule has 24 heavy (non-hydrogen) atoms. The van der Waals surface area contributed by atoms with Crippen LogP contribution < -0.4 is 4.74 Å². The number of carbonyl (C=O) groups excluding carboxylic acids is 1. The summed E-state index contributed by atoms with van der Waals surface area (Å²) in [6.45, 7) is 7.94. The maximum absolute atomic E-state index is 10.9. The van der Waals surface area contributed by atoms with Crippen LogP contribution in [0.2, 0.25) is 0 Å². The molecule has 2 rings (SSSR count). The molecule has 0 atom stereocenters. The highest BCUT2D eigenvalue weighted by Gasteiger charge is 2.23. The predicted octanol–water partition coefficient (Wildman–Crippen LogP) is 3.43. The van der Waals surface area contributed by atoms with Gasteiger partial charge in [0.05, 0.1) is 0 Å². The molecule has 4 heteroatoms. The number of benzene rings is 1. The first-order valence-electron chi connectivity index (χ1n) is 7.59. The minimum atomic E-state index is -0.461. The number of esters is 1. The lowest BCUT2D eigenvalue weighted by molar-refractivity contribution is -0.138. The van der Waals surface area contributed by atoms with Crippen LogP contribution in [0.1, 0.15) is 25.0 Å². The summed E-state index contributed by atoms with van der Waals surface area (Å²) in [5.74, 6) is 0.318. The van der Waals surface area contributed by atoms with Crippen LogP contribution in [0.25, 0.3) is 0 Å². The van der Waals surface area contributed by atoms with Gasteiger partial charge in [-0.3, -0.25) is 0 Å². The molecule has 0 spiro atoms. The lowest BCUT2D eigenvalue weighted by atomic mass is 9.79. The SMILES string of the molecule is C=CC(=O)OCCOc1ccc(C(C)(C)c2c#cc(O)cc2)cc1. The summed E-state index contributed by atoms with van der Waals surface area (Å²) in [4.78, 5) is 10.9. The highest BCUT2D eigenvalue weighted by molar-refractivity contribution is 5.81. The Morgan fingerprint density at radius 2 is 1.88 bits per heavy atom. The number of carbonyl (C=O) groups is 1. The maximum Gasteiger partial charge on any atom is 0.330 e. The minimum Gasteiger partial charge on any atom is -0.501 e. The molecule has 0 saturated carbocycles. The van der Waals surface area contributed by atoms with Crippen LogP contribution in [-0.2, 0) is 14.9 Å². The van der Waals surface area contributed by atoms with Crippen molar-refractivity contribution in [2.45, 2.75) is 19.3 Å². The number of ether oxygens (including phenoxy) is 2. The molecule has 2 aromatic carbocycles. The van der Waals surface area contributed by atoms with Gasteiger partial charge >= 0.3 is 5.97 Å². The van der Waals surface area contributed by atoms with Crippen LogP contribution in [0.5, 0.6) is 11.5 Å². The molecule has 0 unspecified atom stereocenters. The second kappa shape index (κ2) is 7.56. The van der Waals surface area contributed by atoms with Crippen molar-refractivity contribution in [1.29, 1.82) is 0 Å². The van der Waals surface area contributed by atoms with E-state index in [-0.39, 0.29) is 24.4 Å². The number of hydrogen-bond acceptors (Lipinski definition) is 4. The Morgan fingerprint density at radius 3 is 2.46 bits per heavy atom. The summed E-state index contributed by atoms with van der Waals surface area (Å²) < 4.78 is 10.4. The molecule has 0 amide bonds. The average Bonchev–Trinajstić information content (AvgIpc) is 2.59. The second-order valence-corrected chi connectivity index (χ2v) is 5.75. The first-order chi connectivity index (χ1) is 11.4. The molecule has 0 saturated heterocycles. The van der Waals surface area contributed by atoms with Crippen LogP contribution in [0.3, 0.4) is 0 Å². The van der Waals surface area contributed by atoms with E-state index < -0.39 is 5.97 Å². The van der Waals surface area contributed by atoms with Gasteiger partial charge in [-0.1, -0.05) is 38.6 Å². The predicted molar refractivity (Wildman–Crippen MR) is 91.0 cm³/mol. The monoisotopic (exact) mass is 324 g/mol. The Bertz CT molecular complexity index is 685. The fourth-order valence-electron chi connectivity index (χ4n) is 2.23. The molecule has 2 aromatic rings. The molecule has 0 aliphatic heterocycles. The lowest BCUT2D eigenvalue weighted by Gasteiger charge is -2.24. The van der Waals surface area contributed by atoms with E-state index in [4.69, 9.17) is 9.47 Å². The quantitative estimate of drug-likeness (QED) is 0.482. The van der Waals surface area contributed by atoms with E-state index in [1.54, 1.807) is 6.07 Å². The van der Waals surface area contributed by atoms with Crippen LogP contribution in [0, 0.1) is 12.1 Å². The zero-order valence-electron chi connectivity index (χ0n) is 13.8. The molecule has 0 radical (unpaired) electrons. The van der Waals surface area contributed by atoms with Gasteiger partial charge in [-0.25, -0.2) is 4.79 Å². The molecule has 0 aliphatic rings. The molecule has 1 N–H and O–H groups in total. The Morgan fingerprint density at radius 1 is 1.17 bits per heavy atom. The van der Waals surface area contributed by atoms with E-state index in [0.717, 1.165) is 17.2 Å². The van der Waals surface area contributed by atoms with Gasteiger partial charge in [0.15, 0.2) is 5.75 Å². The van der Waals surface area contributed by atoms with E-state index in [1.807, 2.05) is 30.3 Å². The van der Waals surface area contributed by atoms with E-state index >= 15 is 0 Å². The molecular formula is C20H20O4. The summed E-state index contributed by atoms with van der Waals surface area (Å²) in [5, 5.41) is 9.34. The fraction of sp³-hybridized carbons (Fsp3) is 0.250. The third kappa shape index (κ3) is 4.30. The fourth-order valence-corrected chi connectivity index (χ4v) is 2.23. The van der Waals surface area contributed by atoms with E-state index in [2.05, 4.69) is 32.6 Å².